The summed E-state index contributed by atoms with van der Waals surface area (Å²) in [5.74, 6) is 0. The molecule has 0 amide bonds. The highest BCUT2D eigenvalue weighted by Gasteiger charge is 2.05. The van der Waals surface area contributed by atoms with Crippen LogP contribution in [0.25, 0.3) is 0 Å². The van der Waals surface area contributed by atoms with Crippen LogP contribution in [-0.4, -0.2) is 25.1 Å². The largest absolute Gasteiger partial charge is 0.351 e. The molecule has 0 aliphatic heterocycles. The summed E-state index contributed by atoms with van der Waals surface area (Å²) in [5.41, 5.74) is 1.15. The number of aromatic nitrogens is 1. The average Bonchev–Trinajstić information content (AvgIpc) is 2.71. The monoisotopic (exact) mass is 227 g/mol. The van der Waals surface area contributed by atoms with Crippen molar-refractivity contribution in [1.29, 1.82) is 0 Å². The van der Waals surface area contributed by atoms with Gasteiger partial charge in [-0.1, -0.05) is 20.3 Å². The first-order valence-electron chi connectivity index (χ1n) is 5.64. The number of anilines is 1. The van der Waals surface area contributed by atoms with Gasteiger partial charge in [-0.2, -0.15) is 0 Å². The van der Waals surface area contributed by atoms with Crippen molar-refractivity contribution in [1.82, 2.24) is 10.3 Å². The van der Waals surface area contributed by atoms with E-state index in [0.29, 0.717) is 0 Å². The van der Waals surface area contributed by atoms with Crippen LogP contribution in [0.2, 0.25) is 0 Å². The minimum Gasteiger partial charge on any atom is -0.351 e. The molecular formula is C11H21N3S. The van der Waals surface area contributed by atoms with E-state index in [1.165, 1.54) is 12.8 Å². The predicted octanol–water partition coefficient (Wildman–Crippen LogP) is 2.49. The van der Waals surface area contributed by atoms with Gasteiger partial charge in [-0.25, -0.2) is 4.98 Å². The fourth-order valence-corrected chi connectivity index (χ4v) is 2.12. The Hall–Kier alpha value is -0.610. The van der Waals surface area contributed by atoms with E-state index in [1.807, 2.05) is 0 Å². The van der Waals surface area contributed by atoms with Crippen LogP contribution >= 0.6 is 11.3 Å². The Kier molecular flexibility index (Phi) is 5.65. The van der Waals surface area contributed by atoms with Crippen LogP contribution in [0.5, 0.6) is 0 Å². The maximum absolute atomic E-state index is 4.58. The summed E-state index contributed by atoms with van der Waals surface area (Å²) in [4.78, 5) is 6.82. The lowest BCUT2D eigenvalue weighted by Crippen LogP contribution is -2.18. The van der Waals surface area contributed by atoms with Crippen molar-refractivity contribution >= 4 is 16.5 Å². The van der Waals surface area contributed by atoms with E-state index in [1.54, 1.807) is 11.3 Å². The maximum atomic E-state index is 4.58. The highest BCUT2D eigenvalue weighted by atomic mass is 32.1. The van der Waals surface area contributed by atoms with Gasteiger partial charge in [-0.05, 0) is 13.0 Å². The van der Waals surface area contributed by atoms with E-state index in [0.717, 1.165) is 30.5 Å². The van der Waals surface area contributed by atoms with E-state index in [4.69, 9.17) is 0 Å². The van der Waals surface area contributed by atoms with E-state index in [-0.39, 0.29) is 0 Å². The highest BCUT2D eigenvalue weighted by Crippen LogP contribution is 2.19. The molecule has 1 aromatic rings. The molecule has 0 atom stereocenters. The van der Waals surface area contributed by atoms with Crippen LogP contribution in [0.4, 0.5) is 5.13 Å². The highest BCUT2D eigenvalue weighted by molar-refractivity contribution is 7.13. The lowest BCUT2D eigenvalue weighted by atomic mass is 10.3. The van der Waals surface area contributed by atoms with Gasteiger partial charge in [-0.3, -0.25) is 0 Å². The van der Waals surface area contributed by atoms with Crippen LogP contribution in [0.15, 0.2) is 5.38 Å². The summed E-state index contributed by atoms with van der Waals surface area (Å²) in [6.07, 6.45) is 2.47. The number of hydrogen-bond donors (Lipinski definition) is 1. The Balaban J connectivity index is 2.43. The first-order chi connectivity index (χ1) is 7.27. The summed E-state index contributed by atoms with van der Waals surface area (Å²) in [7, 11) is 2.12. The molecule has 0 spiro atoms. The number of hydrogen-bond acceptors (Lipinski definition) is 4. The normalized spacial score (nSPS) is 10.6. The fraction of sp³-hybridized carbons (Fsp3) is 0.727. The summed E-state index contributed by atoms with van der Waals surface area (Å²) < 4.78 is 0. The number of thiazole rings is 1. The van der Waals surface area contributed by atoms with Crippen LogP contribution in [0.1, 0.15) is 32.4 Å². The number of unbranched alkanes of at least 4 members (excludes halogenated alkanes) is 1. The molecule has 15 heavy (non-hydrogen) atoms. The molecule has 0 unspecified atom stereocenters. The Morgan fingerprint density at radius 1 is 1.47 bits per heavy atom. The van der Waals surface area contributed by atoms with Crippen LogP contribution in [0.3, 0.4) is 0 Å². The van der Waals surface area contributed by atoms with Gasteiger partial charge in [0.2, 0.25) is 0 Å². The SMILES string of the molecule is CCCCN(C)c1nc(CNCC)cs1. The van der Waals surface area contributed by atoms with Gasteiger partial charge in [0.25, 0.3) is 0 Å². The topological polar surface area (TPSA) is 28.2 Å². The molecule has 1 rings (SSSR count). The number of nitrogens with zero attached hydrogens (tertiary/aromatic N) is 2. The van der Waals surface area contributed by atoms with Crippen molar-refractivity contribution < 1.29 is 0 Å². The Morgan fingerprint density at radius 3 is 2.93 bits per heavy atom. The molecule has 3 nitrogen and oxygen atoms in total. The maximum Gasteiger partial charge on any atom is 0.185 e. The van der Waals surface area contributed by atoms with Crippen molar-refractivity contribution in [3.05, 3.63) is 11.1 Å². The van der Waals surface area contributed by atoms with Crippen LogP contribution < -0.4 is 10.2 Å². The minimum atomic E-state index is 0.884. The second-order valence-corrected chi connectivity index (χ2v) is 4.51. The second kappa shape index (κ2) is 6.80. The zero-order valence-electron chi connectivity index (χ0n) is 9.92. The van der Waals surface area contributed by atoms with E-state index >= 15 is 0 Å². The quantitative estimate of drug-likeness (QED) is 0.775. The smallest absolute Gasteiger partial charge is 0.185 e. The van der Waals surface area contributed by atoms with Crippen LogP contribution in [-0.2, 0) is 6.54 Å². The Labute approximate surface area is 96.5 Å². The van der Waals surface area contributed by atoms with Crippen LogP contribution in [0, 0.1) is 0 Å². The first-order valence-corrected chi connectivity index (χ1v) is 6.52. The first kappa shape index (κ1) is 12.5. The number of rotatable bonds is 7. The standard InChI is InChI=1S/C11H21N3S/c1-4-6-7-14(3)11-13-10(9-15-11)8-12-5-2/h9,12H,4-8H2,1-3H3. The van der Waals surface area contributed by atoms with Gasteiger partial charge in [-0.15, -0.1) is 11.3 Å². The third-order valence-corrected chi connectivity index (χ3v) is 3.27. The fourth-order valence-electron chi connectivity index (χ4n) is 1.30. The van der Waals surface area contributed by atoms with Crippen molar-refractivity contribution in [2.24, 2.45) is 0 Å². The van der Waals surface area contributed by atoms with E-state index in [9.17, 15) is 0 Å². The Bertz CT molecular complexity index is 273. The second-order valence-electron chi connectivity index (χ2n) is 3.68. The zero-order chi connectivity index (χ0) is 11.1. The van der Waals surface area contributed by atoms with Gasteiger partial charge in [0, 0.05) is 25.5 Å². The molecule has 4 heteroatoms. The molecule has 1 N–H and O–H groups in total. The average molecular weight is 227 g/mol. The molecule has 86 valence electrons. The van der Waals surface area contributed by atoms with Gasteiger partial charge in [0.1, 0.15) is 0 Å². The lowest BCUT2D eigenvalue weighted by Gasteiger charge is -2.14. The van der Waals surface area contributed by atoms with Crippen molar-refractivity contribution in [3.63, 3.8) is 0 Å². The predicted molar refractivity (Wildman–Crippen MR) is 67.7 cm³/mol. The van der Waals surface area contributed by atoms with Gasteiger partial charge < -0.3 is 10.2 Å². The minimum absolute atomic E-state index is 0.884. The molecule has 1 heterocycles. The number of nitrogens with one attached hydrogen (secondary N) is 1. The molecule has 0 fully saturated rings. The molecule has 0 aliphatic rings. The Morgan fingerprint density at radius 2 is 2.27 bits per heavy atom. The van der Waals surface area contributed by atoms with Gasteiger partial charge >= 0.3 is 0 Å². The summed E-state index contributed by atoms with van der Waals surface area (Å²) in [6, 6.07) is 0. The summed E-state index contributed by atoms with van der Waals surface area (Å²) in [6.45, 7) is 7.31. The van der Waals surface area contributed by atoms with Crippen molar-refractivity contribution in [2.45, 2.75) is 33.2 Å². The van der Waals surface area contributed by atoms with E-state index < -0.39 is 0 Å². The third kappa shape index (κ3) is 4.18. The van der Waals surface area contributed by atoms with Crippen molar-refractivity contribution in [3.8, 4) is 0 Å². The van der Waals surface area contributed by atoms with E-state index in [2.05, 4.69) is 41.5 Å². The molecule has 0 aliphatic carbocycles. The summed E-state index contributed by atoms with van der Waals surface area (Å²) in [5, 5.41) is 6.56. The lowest BCUT2D eigenvalue weighted by molar-refractivity contribution is 0.711. The molecule has 0 aromatic carbocycles. The molecule has 0 radical (unpaired) electrons. The molecular weight excluding hydrogens is 206 g/mol. The molecule has 0 saturated heterocycles. The zero-order valence-corrected chi connectivity index (χ0v) is 10.7. The molecule has 0 saturated carbocycles. The van der Waals surface area contributed by atoms with Gasteiger partial charge in [0.05, 0.1) is 5.69 Å². The third-order valence-electron chi connectivity index (χ3n) is 2.27. The molecule has 0 bridgehead atoms. The summed E-state index contributed by atoms with van der Waals surface area (Å²) >= 11 is 1.73. The van der Waals surface area contributed by atoms with Crippen molar-refractivity contribution in [2.75, 3.05) is 25.0 Å². The van der Waals surface area contributed by atoms with Gasteiger partial charge in [0.15, 0.2) is 5.13 Å². The molecule has 1 aromatic heterocycles.